The molecule has 0 heterocycles. The third-order valence-electron chi connectivity index (χ3n) is 3.36. The van der Waals surface area contributed by atoms with Gasteiger partial charge in [0.1, 0.15) is 0 Å². The number of anilines is 1. The van der Waals surface area contributed by atoms with Crippen LogP contribution in [0.3, 0.4) is 0 Å². The molecule has 21 heavy (non-hydrogen) atoms. The molecule has 116 valence electrons. The Bertz CT molecular complexity index is 503. The number of hydrogen-bond donors (Lipinski definition) is 1. The number of hydrogen-bond acceptors (Lipinski definition) is 3. The van der Waals surface area contributed by atoms with E-state index in [1.165, 1.54) is 6.07 Å². The second-order valence-corrected chi connectivity index (χ2v) is 4.82. The molecular weight excluding hydrogens is 270 g/mol. The topological polar surface area (TPSA) is 75.5 Å². The van der Waals surface area contributed by atoms with Gasteiger partial charge in [0.15, 0.2) is 0 Å². The number of nitro groups is 1. The van der Waals surface area contributed by atoms with Gasteiger partial charge < -0.3 is 10.2 Å². The van der Waals surface area contributed by atoms with Crippen LogP contribution in [0, 0.1) is 10.1 Å². The lowest BCUT2D eigenvalue weighted by atomic mass is 10.1. The number of benzene rings is 1. The molecule has 1 rings (SSSR count). The number of nitro benzene ring substituents is 1. The van der Waals surface area contributed by atoms with Crippen LogP contribution in [0.15, 0.2) is 18.2 Å². The Morgan fingerprint density at radius 1 is 1.33 bits per heavy atom. The minimum absolute atomic E-state index is 0.0481. The highest BCUT2D eigenvalue weighted by Crippen LogP contribution is 2.23. The summed E-state index contributed by atoms with van der Waals surface area (Å²) in [5.74, 6) is 0. The zero-order chi connectivity index (χ0) is 15.8. The van der Waals surface area contributed by atoms with Gasteiger partial charge in [-0.05, 0) is 25.8 Å². The Morgan fingerprint density at radius 2 is 2.05 bits per heavy atom. The molecule has 0 aromatic heterocycles. The summed E-state index contributed by atoms with van der Waals surface area (Å²) in [6, 6.07) is 4.60. The minimum Gasteiger partial charge on any atom is -0.325 e. The molecule has 0 atom stereocenters. The van der Waals surface area contributed by atoms with Crippen molar-refractivity contribution in [2.24, 2.45) is 0 Å². The largest absolute Gasteiger partial charge is 0.325 e. The van der Waals surface area contributed by atoms with Crippen molar-refractivity contribution in [2.45, 2.75) is 40.0 Å². The fourth-order valence-corrected chi connectivity index (χ4v) is 2.07. The molecular formula is C15H23N3O3. The summed E-state index contributed by atoms with van der Waals surface area (Å²) in [5.41, 5.74) is 1.17. The van der Waals surface area contributed by atoms with Crippen molar-refractivity contribution in [3.8, 4) is 0 Å². The van der Waals surface area contributed by atoms with Gasteiger partial charge in [-0.25, -0.2) is 4.79 Å². The lowest BCUT2D eigenvalue weighted by Crippen LogP contribution is -2.35. The Morgan fingerprint density at radius 3 is 2.57 bits per heavy atom. The number of nitrogens with one attached hydrogen (secondary N) is 1. The van der Waals surface area contributed by atoms with Crippen molar-refractivity contribution in [3.63, 3.8) is 0 Å². The molecule has 6 heteroatoms. The van der Waals surface area contributed by atoms with E-state index < -0.39 is 4.92 Å². The number of nitrogens with zero attached hydrogens (tertiary/aromatic N) is 2. The van der Waals surface area contributed by atoms with Crippen LogP contribution in [0.2, 0.25) is 0 Å². The molecule has 0 bridgehead atoms. The van der Waals surface area contributed by atoms with Gasteiger partial charge in [-0.3, -0.25) is 10.1 Å². The number of carbonyl (C=O) groups excluding carboxylic acids is 1. The number of aryl methyl sites for hydroxylation is 1. The SMILES string of the molecule is CCCCN(CC)C(=O)Nc1ccc(CC)c([N+](=O)[O-])c1. The number of unbranched alkanes of at least 4 members (excludes halogenated alkanes) is 1. The second-order valence-electron chi connectivity index (χ2n) is 4.82. The Balaban J connectivity index is 2.84. The van der Waals surface area contributed by atoms with Crippen LogP contribution < -0.4 is 5.32 Å². The van der Waals surface area contributed by atoms with E-state index in [-0.39, 0.29) is 11.7 Å². The van der Waals surface area contributed by atoms with E-state index in [0.717, 1.165) is 12.8 Å². The zero-order valence-corrected chi connectivity index (χ0v) is 12.9. The zero-order valence-electron chi connectivity index (χ0n) is 12.9. The second kappa shape index (κ2) is 8.24. The lowest BCUT2D eigenvalue weighted by Gasteiger charge is -2.21. The first-order chi connectivity index (χ1) is 10.0. The van der Waals surface area contributed by atoms with Gasteiger partial charge in [-0.1, -0.05) is 26.3 Å². The summed E-state index contributed by atoms with van der Waals surface area (Å²) in [6.07, 6.45) is 2.54. The van der Waals surface area contributed by atoms with Gasteiger partial charge in [0, 0.05) is 30.4 Å². The van der Waals surface area contributed by atoms with Crippen molar-refractivity contribution in [1.29, 1.82) is 0 Å². The molecule has 0 aliphatic rings. The van der Waals surface area contributed by atoms with E-state index in [1.54, 1.807) is 17.0 Å². The van der Waals surface area contributed by atoms with Crippen LogP contribution in [-0.4, -0.2) is 28.9 Å². The van der Waals surface area contributed by atoms with Crippen LogP contribution in [-0.2, 0) is 6.42 Å². The molecule has 1 aromatic rings. The molecule has 2 amide bonds. The van der Waals surface area contributed by atoms with E-state index in [4.69, 9.17) is 0 Å². The number of amides is 2. The average Bonchev–Trinajstić information content (AvgIpc) is 2.47. The summed E-state index contributed by atoms with van der Waals surface area (Å²) in [4.78, 5) is 24.4. The average molecular weight is 293 g/mol. The quantitative estimate of drug-likeness (QED) is 0.613. The van der Waals surface area contributed by atoms with E-state index >= 15 is 0 Å². The summed E-state index contributed by atoms with van der Waals surface area (Å²) < 4.78 is 0. The maximum absolute atomic E-state index is 12.1. The molecule has 0 aliphatic heterocycles. The Labute approximate surface area is 125 Å². The molecule has 0 unspecified atom stereocenters. The van der Waals surface area contributed by atoms with E-state index in [1.807, 2.05) is 13.8 Å². The van der Waals surface area contributed by atoms with Gasteiger partial charge in [-0.2, -0.15) is 0 Å². The first-order valence-electron chi connectivity index (χ1n) is 7.36. The monoisotopic (exact) mass is 293 g/mol. The van der Waals surface area contributed by atoms with Crippen molar-refractivity contribution in [3.05, 3.63) is 33.9 Å². The van der Waals surface area contributed by atoms with Crippen LogP contribution in [0.1, 0.15) is 39.2 Å². The van der Waals surface area contributed by atoms with Crippen molar-refractivity contribution in [1.82, 2.24) is 4.90 Å². The van der Waals surface area contributed by atoms with Crippen LogP contribution >= 0.6 is 0 Å². The number of rotatable bonds is 7. The van der Waals surface area contributed by atoms with E-state index in [2.05, 4.69) is 12.2 Å². The standard InChI is InChI=1S/C15H23N3O3/c1-4-7-10-17(6-3)15(19)16-13-9-8-12(5-2)14(11-13)18(20)21/h8-9,11H,4-7,10H2,1-3H3,(H,16,19). The normalized spacial score (nSPS) is 10.2. The Kier molecular flexibility index (Phi) is 6.65. The highest BCUT2D eigenvalue weighted by Gasteiger charge is 2.16. The molecule has 0 fully saturated rings. The lowest BCUT2D eigenvalue weighted by molar-refractivity contribution is -0.385. The van der Waals surface area contributed by atoms with Crippen LogP contribution in [0.25, 0.3) is 0 Å². The molecule has 0 radical (unpaired) electrons. The van der Waals surface area contributed by atoms with Gasteiger partial charge in [0.05, 0.1) is 4.92 Å². The van der Waals surface area contributed by atoms with Crippen LogP contribution in [0.4, 0.5) is 16.2 Å². The maximum Gasteiger partial charge on any atom is 0.321 e. The van der Waals surface area contributed by atoms with E-state index in [9.17, 15) is 14.9 Å². The van der Waals surface area contributed by atoms with Crippen LogP contribution in [0.5, 0.6) is 0 Å². The van der Waals surface area contributed by atoms with Gasteiger partial charge in [0.25, 0.3) is 5.69 Å². The van der Waals surface area contributed by atoms with Gasteiger partial charge in [-0.15, -0.1) is 0 Å². The minimum atomic E-state index is -0.414. The summed E-state index contributed by atoms with van der Waals surface area (Å²) >= 11 is 0. The molecule has 0 saturated carbocycles. The van der Waals surface area contributed by atoms with Gasteiger partial charge in [0.2, 0.25) is 0 Å². The first-order valence-corrected chi connectivity index (χ1v) is 7.36. The third-order valence-corrected chi connectivity index (χ3v) is 3.36. The molecule has 6 nitrogen and oxygen atoms in total. The summed E-state index contributed by atoms with van der Waals surface area (Å²) in [7, 11) is 0. The highest BCUT2D eigenvalue weighted by molar-refractivity contribution is 5.89. The van der Waals surface area contributed by atoms with Crippen molar-refractivity contribution < 1.29 is 9.72 Å². The molecule has 0 aliphatic carbocycles. The number of carbonyl (C=O) groups is 1. The predicted molar refractivity (Wildman–Crippen MR) is 83.6 cm³/mol. The maximum atomic E-state index is 12.1. The third kappa shape index (κ3) is 4.73. The smallest absolute Gasteiger partial charge is 0.321 e. The summed E-state index contributed by atoms with van der Waals surface area (Å²) in [6.45, 7) is 7.15. The molecule has 1 N–H and O–H groups in total. The van der Waals surface area contributed by atoms with Crippen molar-refractivity contribution >= 4 is 17.4 Å². The van der Waals surface area contributed by atoms with Crippen molar-refractivity contribution in [2.75, 3.05) is 18.4 Å². The first kappa shape index (κ1) is 16.9. The highest BCUT2D eigenvalue weighted by atomic mass is 16.6. The predicted octanol–water partition coefficient (Wildman–Crippen LogP) is 3.81. The molecule has 1 aromatic carbocycles. The van der Waals surface area contributed by atoms with E-state index in [0.29, 0.717) is 30.8 Å². The summed E-state index contributed by atoms with van der Waals surface area (Å²) in [5, 5.41) is 13.8. The molecule has 0 spiro atoms. The fraction of sp³-hybridized carbons (Fsp3) is 0.533. The van der Waals surface area contributed by atoms with Gasteiger partial charge >= 0.3 is 6.03 Å². The molecule has 0 saturated heterocycles. The number of urea groups is 1. The Hall–Kier alpha value is -2.11. The fourth-order valence-electron chi connectivity index (χ4n) is 2.07.